The Morgan fingerprint density at radius 2 is 1.62 bits per heavy atom. The first-order valence-corrected chi connectivity index (χ1v) is 12.8. The van der Waals surface area contributed by atoms with E-state index in [-0.39, 0.29) is 17.7 Å². The van der Waals surface area contributed by atoms with Gasteiger partial charge in [0.15, 0.2) is 5.75 Å². The van der Waals surface area contributed by atoms with Gasteiger partial charge in [0.1, 0.15) is 17.2 Å². The Balaban J connectivity index is 1.82. The second-order valence-corrected chi connectivity index (χ2v) is 11.7. The van der Waals surface area contributed by atoms with Gasteiger partial charge in [-0.2, -0.15) is 0 Å². The number of halogens is 4. The highest BCUT2D eigenvalue weighted by Crippen LogP contribution is 2.37. The van der Waals surface area contributed by atoms with Crippen LogP contribution in [0.5, 0.6) is 17.2 Å². The molecule has 0 aliphatic carbocycles. The zero-order chi connectivity index (χ0) is 21.5. The van der Waals surface area contributed by atoms with Crippen LogP contribution in [0.4, 0.5) is 0 Å². The van der Waals surface area contributed by atoms with E-state index in [2.05, 4.69) is 95.7 Å². The van der Waals surface area contributed by atoms with E-state index < -0.39 is 5.66 Å². The molecular weight excluding hydrogens is 828 g/mol. The van der Waals surface area contributed by atoms with E-state index in [1.54, 1.807) is 12.1 Å². The summed E-state index contributed by atoms with van der Waals surface area (Å²) in [6.07, 6.45) is 0.559. The monoisotopic (exact) mass is 846 g/mol. The second-order valence-electron chi connectivity index (χ2n) is 7.00. The van der Waals surface area contributed by atoms with Gasteiger partial charge in [-0.3, -0.25) is 14.9 Å². The normalized spacial score (nSPS) is 18.4. The number of phenolic OH excluding ortho intramolecular Hbond substituents is 1. The van der Waals surface area contributed by atoms with Crippen LogP contribution in [0.3, 0.4) is 0 Å². The average Bonchev–Trinajstić information content (AvgIpc) is 2.83. The first kappa shape index (κ1) is 24.0. The lowest BCUT2D eigenvalue weighted by Gasteiger charge is -2.28. The number of carbonyl (C=O) groups is 1. The van der Waals surface area contributed by atoms with Crippen molar-refractivity contribution in [2.45, 2.75) is 32.0 Å². The zero-order valence-electron chi connectivity index (χ0n) is 15.7. The average molecular weight is 846 g/mol. The maximum absolute atomic E-state index is 12.6. The number of phenols is 1. The van der Waals surface area contributed by atoms with Crippen molar-refractivity contribution in [2.24, 2.45) is 0 Å². The lowest BCUT2D eigenvalue weighted by Crippen LogP contribution is -2.46. The Morgan fingerprint density at radius 1 is 1.07 bits per heavy atom. The molecule has 0 spiro atoms. The van der Waals surface area contributed by atoms with Gasteiger partial charge in [0.25, 0.3) is 5.91 Å². The van der Waals surface area contributed by atoms with E-state index >= 15 is 0 Å². The third-order valence-corrected chi connectivity index (χ3v) is 7.67. The first-order valence-electron chi connectivity index (χ1n) is 8.53. The van der Waals surface area contributed by atoms with Crippen molar-refractivity contribution < 1.29 is 19.5 Å². The molecule has 0 bridgehead atoms. The molecule has 1 amide bonds. The largest absolute Gasteiger partial charge is 0.506 e. The smallest absolute Gasteiger partial charge is 0.265 e. The predicted octanol–water partition coefficient (Wildman–Crippen LogP) is 5.24. The Hall–Kier alpha value is 0.350. The van der Waals surface area contributed by atoms with Crippen molar-refractivity contribution in [3.63, 3.8) is 0 Å². The Morgan fingerprint density at radius 3 is 2.10 bits per heavy atom. The van der Waals surface area contributed by atoms with Gasteiger partial charge in [-0.25, -0.2) is 5.06 Å². The van der Waals surface area contributed by atoms with Crippen molar-refractivity contribution in [3.05, 3.63) is 44.1 Å². The third kappa shape index (κ3) is 5.23. The van der Waals surface area contributed by atoms with Gasteiger partial charge in [-0.05, 0) is 140 Å². The molecule has 1 heterocycles. The van der Waals surface area contributed by atoms with Crippen LogP contribution in [0.25, 0.3) is 0 Å². The summed E-state index contributed by atoms with van der Waals surface area (Å²) in [5, 5.41) is 14.7. The van der Waals surface area contributed by atoms with Gasteiger partial charge in [-0.1, -0.05) is 0 Å². The number of amides is 1. The number of aromatic hydroxyl groups is 1. The number of nitrogens with one attached hydrogen (secondary N) is 1. The topological polar surface area (TPSA) is 71.0 Å². The van der Waals surface area contributed by atoms with Crippen LogP contribution in [-0.2, 0) is 16.1 Å². The molecule has 29 heavy (non-hydrogen) atoms. The fourth-order valence-electron chi connectivity index (χ4n) is 3.20. The van der Waals surface area contributed by atoms with E-state index in [1.165, 1.54) is 12.2 Å². The fraction of sp³-hybridized carbons (Fsp3) is 0.316. The SMILES string of the molecule is CON1C(=O)[C@H](Cc2cc(I)c(Oc3cc(I)c(O)c(I)c3)c(I)c2)NC1(C)C. The highest BCUT2D eigenvalue weighted by molar-refractivity contribution is 14.1. The number of ether oxygens (including phenoxy) is 1. The summed E-state index contributed by atoms with van der Waals surface area (Å²) in [6, 6.07) is 7.34. The van der Waals surface area contributed by atoms with E-state index in [0.29, 0.717) is 12.2 Å². The molecule has 6 nitrogen and oxygen atoms in total. The van der Waals surface area contributed by atoms with Crippen LogP contribution in [0, 0.1) is 14.3 Å². The standard InChI is InChI=1S/C19H18I4N2O4/c1-19(2)24-15(18(27)25(19)28-3)6-9-4-13(22)17(14(23)5-9)29-10-7-11(20)16(26)12(21)8-10/h4-5,7-8,15,24,26H,6H2,1-3H3/t15-/m0/s1. The Labute approximate surface area is 224 Å². The number of rotatable bonds is 5. The Bertz CT molecular complexity index is 921. The lowest BCUT2D eigenvalue weighted by atomic mass is 10.1. The molecule has 156 valence electrons. The van der Waals surface area contributed by atoms with Crippen LogP contribution >= 0.6 is 90.4 Å². The number of hydrogen-bond acceptors (Lipinski definition) is 5. The molecule has 3 rings (SSSR count). The molecule has 2 aromatic rings. The first-order chi connectivity index (χ1) is 13.5. The number of benzene rings is 2. The van der Waals surface area contributed by atoms with Gasteiger partial charge in [-0.15, -0.1) is 0 Å². The summed E-state index contributed by atoms with van der Waals surface area (Å²) in [5.41, 5.74) is 0.494. The van der Waals surface area contributed by atoms with Crippen LogP contribution in [0.2, 0.25) is 0 Å². The lowest BCUT2D eigenvalue weighted by molar-refractivity contribution is -0.192. The summed E-state index contributed by atoms with van der Waals surface area (Å²) >= 11 is 8.67. The molecule has 1 aliphatic rings. The molecule has 0 radical (unpaired) electrons. The molecule has 10 heteroatoms. The summed E-state index contributed by atoms with van der Waals surface area (Å²) < 4.78 is 9.51. The number of hydroxylamine groups is 2. The highest BCUT2D eigenvalue weighted by Gasteiger charge is 2.45. The molecule has 1 atom stereocenters. The van der Waals surface area contributed by atoms with Gasteiger partial charge < -0.3 is 9.84 Å². The van der Waals surface area contributed by atoms with E-state index in [4.69, 9.17) is 9.57 Å². The molecule has 2 aromatic carbocycles. The zero-order valence-corrected chi connectivity index (χ0v) is 24.4. The predicted molar refractivity (Wildman–Crippen MR) is 144 cm³/mol. The van der Waals surface area contributed by atoms with Crippen molar-refractivity contribution in [1.82, 2.24) is 10.4 Å². The van der Waals surface area contributed by atoms with E-state index in [0.717, 1.165) is 25.6 Å². The number of hydrogen-bond donors (Lipinski definition) is 2. The van der Waals surface area contributed by atoms with Gasteiger partial charge in [0, 0.05) is 0 Å². The summed E-state index contributed by atoms with van der Waals surface area (Å²) in [4.78, 5) is 17.9. The summed E-state index contributed by atoms with van der Waals surface area (Å²) in [6.45, 7) is 3.83. The van der Waals surface area contributed by atoms with Gasteiger partial charge >= 0.3 is 0 Å². The molecule has 0 saturated carbocycles. The number of nitrogens with zero attached hydrogens (tertiary/aromatic N) is 1. The quantitative estimate of drug-likeness (QED) is 0.404. The summed E-state index contributed by atoms with van der Waals surface area (Å²) in [5.74, 6) is 1.62. The van der Waals surface area contributed by atoms with Crippen molar-refractivity contribution in [1.29, 1.82) is 0 Å². The molecule has 2 N–H and O–H groups in total. The summed E-state index contributed by atoms with van der Waals surface area (Å²) in [7, 11) is 1.51. The maximum atomic E-state index is 12.6. The molecule has 1 aliphatic heterocycles. The molecular formula is C19H18I4N2O4. The van der Waals surface area contributed by atoms with Crippen molar-refractivity contribution in [3.8, 4) is 17.2 Å². The Kier molecular flexibility index (Phi) is 7.83. The van der Waals surface area contributed by atoms with E-state index in [9.17, 15) is 9.90 Å². The number of carbonyl (C=O) groups excluding carboxylic acids is 1. The highest BCUT2D eigenvalue weighted by atomic mass is 127. The van der Waals surface area contributed by atoms with Gasteiger partial charge in [0.05, 0.1) is 27.4 Å². The minimum absolute atomic E-state index is 0.0731. The maximum Gasteiger partial charge on any atom is 0.265 e. The van der Waals surface area contributed by atoms with Crippen LogP contribution in [-0.4, -0.2) is 34.9 Å². The van der Waals surface area contributed by atoms with Crippen LogP contribution < -0.4 is 10.1 Å². The third-order valence-electron chi connectivity index (χ3n) is 4.42. The minimum Gasteiger partial charge on any atom is -0.506 e. The van der Waals surface area contributed by atoms with Crippen molar-refractivity contribution in [2.75, 3.05) is 7.11 Å². The fourth-order valence-corrected chi connectivity index (χ4v) is 7.03. The van der Waals surface area contributed by atoms with Crippen LogP contribution in [0.15, 0.2) is 24.3 Å². The van der Waals surface area contributed by atoms with E-state index in [1.807, 2.05) is 26.0 Å². The second kappa shape index (κ2) is 9.46. The molecule has 1 fully saturated rings. The van der Waals surface area contributed by atoms with Gasteiger partial charge in [0.2, 0.25) is 0 Å². The minimum atomic E-state index is -0.549. The van der Waals surface area contributed by atoms with Crippen LogP contribution in [0.1, 0.15) is 19.4 Å². The molecule has 0 unspecified atom stereocenters. The molecule has 1 saturated heterocycles. The molecule has 0 aromatic heterocycles. The van der Waals surface area contributed by atoms with Crippen molar-refractivity contribution >= 4 is 96.3 Å².